The summed E-state index contributed by atoms with van der Waals surface area (Å²) in [5.41, 5.74) is 2.05. The summed E-state index contributed by atoms with van der Waals surface area (Å²) in [5, 5.41) is 10.4. The second-order valence-electron chi connectivity index (χ2n) is 6.12. The summed E-state index contributed by atoms with van der Waals surface area (Å²) in [6, 6.07) is 10.4. The van der Waals surface area contributed by atoms with Crippen LogP contribution >= 0.6 is 23.4 Å². The highest BCUT2D eigenvalue weighted by molar-refractivity contribution is 8.18. The molecule has 1 saturated heterocycles. The first-order valence-electron chi connectivity index (χ1n) is 8.43. The third-order valence-corrected chi connectivity index (χ3v) is 5.30. The molecule has 1 heterocycles. The first-order chi connectivity index (χ1) is 13.4. The van der Waals surface area contributed by atoms with Crippen LogP contribution in [0.5, 0.6) is 11.5 Å². The molecule has 0 unspecified atom stereocenters. The highest BCUT2D eigenvalue weighted by atomic mass is 35.5. The quantitative estimate of drug-likeness (QED) is 0.530. The van der Waals surface area contributed by atoms with Gasteiger partial charge in [0.05, 0.1) is 18.6 Å². The standard InChI is InChI=1S/C21H18ClNO4S/c1-3-5-15-8-14(10-17(27-2)19(15)24)11-18-20(25)23(21(26)28-18)12-13-6-4-7-16(22)9-13/h3-4,6-11,24H,1,5,12H2,2H3/b18-11-. The first-order valence-corrected chi connectivity index (χ1v) is 9.63. The Morgan fingerprint density at radius 2 is 2.07 bits per heavy atom. The van der Waals surface area contributed by atoms with Gasteiger partial charge in [0.2, 0.25) is 0 Å². The summed E-state index contributed by atoms with van der Waals surface area (Å²) in [6.45, 7) is 3.83. The van der Waals surface area contributed by atoms with E-state index in [4.69, 9.17) is 16.3 Å². The Labute approximate surface area is 172 Å². The van der Waals surface area contributed by atoms with Gasteiger partial charge in [0.15, 0.2) is 11.5 Å². The van der Waals surface area contributed by atoms with Gasteiger partial charge in [-0.05, 0) is 59.7 Å². The molecule has 3 rings (SSSR count). The summed E-state index contributed by atoms with van der Waals surface area (Å²) in [5.74, 6) is -0.0374. The molecule has 2 amide bonds. The predicted octanol–water partition coefficient (Wildman–Crippen LogP) is 5.02. The number of nitrogens with zero attached hydrogens (tertiary/aromatic N) is 1. The summed E-state index contributed by atoms with van der Waals surface area (Å²) in [6.07, 6.45) is 3.73. The van der Waals surface area contributed by atoms with E-state index in [0.29, 0.717) is 33.2 Å². The Morgan fingerprint density at radius 1 is 1.29 bits per heavy atom. The predicted molar refractivity (Wildman–Crippen MR) is 112 cm³/mol. The van der Waals surface area contributed by atoms with E-state index in [1.54, 1.807) is 42.5 Å². The highest BCUT2D eigenvalue weighted by Crippen LogP contribution is 2.36. The normalized spacial score (nSPS) is 15.4. The van der Waals surface area contributed by atoms with E-state index in [1.807, 2.05) is 6.07 Å². The van der Waals surface area contributed by atoms with Crippen LogP contribution in [0.2, 0.25) is 5.02 Å². The molecule has 0 saturated carbocycles. The van der Waals surface area contributed by atoms with E-state index in [1.165, 1.54) is 12.0 Å². The summed E-state index contributed by atoms with van der Waals surface area (Å²) in [4.78, 5) is 26.6. The first kappa shape index (κ1) is 20.0. The second kappa shape index (κ2) is 8.54. The molecule has 1 fully saturated rings. The van der Waals surface area contributed by atoms with Crippen molar-refractivity contribution in [2.24, 2.45) is 0 Å². The maximum atomic E-state index is 12.7. The van der Waals surface area contributed by atoms with Crippen LogP contribution in [-0.4, -0.2) is 28.3 Å². The fraction of sp³-hybridized carbons (Fsp3) is 0.143. The lowest BCUT2D eigenvalue weighted by Crippen LogP contribution is -2.27. The van der Waals surface area contributed by atoms with Crippen molar-refractivity contribution in [3.8, 4) is 11.5 Å². The number of imide groups is 1. The van der Waals surface area contributed by atoms with E-state index in [0.717, 1.165) is 17.3 Å². The number of thioether (sulfide) groups is 1. The van der Waals surface area contributed by atoms with Crippen molar-refractivity contribution < 1.29 is 19.4 Å². The third kappa shape index (κ3) is 4.24. The van der Waals surface area contributed by atoms with Crippen molar-refractivity contribution in [2.45, 2.75) is 13.0 Å². The van der Waals surface area contributed by atoms with Crippen LogP contribution in [0.25, 0.3) is 6.08 Å². The van der Waals surface area contributed by atoms with Crippen molar-refractivity contribution >= 4 is 40.6 Å². The smallest absolute Gasteiger partial charge is 0.293 e. The van der Waals surface area contributed by atoms with Crippen LogP contribution in [0.4, 0.5) is 4.79 Å². The fourth-order valence-electron chi connectivity index (χ4n) is 2.84. The number of allylic oxidation sites excluding steroid dienone is 1. The van der Waals surface area contributed by atoms with E-state index in [2.05, 4.69) is 6.58 Å². The monoisotopic (exact) mass is 415 g/mol. The number of hydrogen-bond donors (Lipinski definition) is 1. The zero-order valence-corrected chi connectivity index (χ0v) is 16.7. The lowest BCUT2D eigenvalue weighted by molar-refractivity contribution is -0.123. The maximum Gasteiger partial charge on any atom is 0.293 e. The van der Waals surface area contributed by atoms with Gasteiger partial charge in [-0.15, -0.1) is 6.58 Å². The van der Waals surface area contributed by atoms with Crippen LogP contribution in [0, 0.1) is 0 Å². The second-order valence-corrected chi connectivity index (χ2v) is 7.55. The number of carbonyl (C=O) groups excluding carboxylic acids is 2. The molecule has 0 atom stereocenters. The highest BCUT2D eigenvalue weighted by Gasteiger charge is 2.35. The molecular formula is C21H18ClNO4S. The van der Waals surface area contributed by atoms with Gasteiger partial charge in [-0.1, -0.05) is 29.8 Å². The molecule has 0 aliphatic carbocycles. The minimum absolute atomic E-state index is 0.0358. The molecule has 28 heavy (non-hydrogen) atoms. The van der Waals surface area contributed by atoms with Crippen molar-refractivity contribution in [2.75, 3.05) is 7.11 Å². The Bertz CT molecular complexity index is 986. The van der Waals surface area contributed by atoms with Gasteiger partial charge in [0.25, 0.3) is 11.1 Å². The van der Waals surface area contributed by atoms with Crippen LogP contribution < -0.4 is 4.74 Å². The molecule has 1 aliphatic rings. The molecule has 0 spiro atoms. The third-order valence-electron chi connectivity index (χ3n) is 4.16. The van der Waals surface area contributed by atoms with Crippen LogP contribution in [0.3, 0.4) is 0 Å². The largest absolute Gasteiger partial charge is 0.504 e. The number of ether oxygens (including phenoxy) is 1. The van der Waals surface area contributed by atoms with Gasteiger partial charge in [-0.2, -0.15) is 0 Å². The van der Waals surface area contributed by atoms with Gasteiger partial charge < -0.3 is 9.84 Å². The van der Waals surface area contributed by atoms with Crippen molar-refractivity contribution in [3.63, 3.8) is 0 Å². The number of amides is 2. The van der Waals surface area contributed by atoms with E-state index < -0.39 is 0 Å². The topological polar surface area (TPSA) is 66.8 Å². The molecular weight excluding hydrogens is 398 g/mol. The number of aromatic hydroxyl groups is 1. The molecule has 1 aliphatic heterocycles. The number of methoxy groups -OCH3 is 1. The minimum atomic E-state index is -0.368. The van der Waals surface area contributed by atoms with Crippen molar-refractivity contribution in [1.82, 2.24) is 4.90 Å². The number of hydrogen-bond acceptors (Lipinski definition) is 5. The number of phenols is 1. The van der Waals surface area contributed by atoms with E-state index in [9.17, 15) is 14.7 Å². The average molecular weight is 416 g/mol. The average Bonchev–Trinajstić information content (AvgIpc) is 2.92. The van der Waals surface area contributed by atoms with Gasteiger partial charge >= 0.3 is 0 Å². The molecule has 0 radical (unpaired) electrons. The van der Waals surface area contributed by atoms with E-state index in [-0.39, 0.29) is 23.4 Å². The summed E-state index contributed by atoms with van der Waals surface area (Å²) in [7, 11) is 1.45. The SMILES string of the molecule is C=CCc1cc(/C=C2\SC(=O)N(Cc3cccc(Cl)c3)C2=O)cc(OC)c1O. The number of benzene rings is 2. The van der Waals surface area contributed by atoms with Crippen LogP contribution in [-0.2, 0) is 17.8 Å². The van der Waals surface area contributed by atoms with Crippen molar-refractivity contribution in [3.05, 3.63) is 75.7 Å². The molecule has 0 aromatic heterocycles. The molecule has 0 bridgehead atoms. The molecule has 2 aromatic rings. The number of halogens is 1. The Morgan fingerprint density at radius 3 is 2.75 bits per heavy atom. The Balaban J connectivity index is 1.89. The summed E-state index contributed by atoms with van der Waals surface area (Å²) >= 11 is 6.86. The minimum Gasteiger partial charge on any atom is -0.504 e. The maximum absolute atomic E-state index is 12.7. The van der Waals surface area contributed by atoms with Crippen LogP contribution in [0.1, 0.15) is 16.7 Å². The molecule has 1 N–H and O–H groups in total. The van der Waals surface area contributed by atoms with Gasteiger partial charge in [-0.25, -0.2) is 0 Å². The summed E-state index contributed by atoms with van der Waals surface area (Å²) < 4.78 is 5.20. The zero-order valence-electron chi connectivity index (χ0n) is 15.1. The zero-order chi connectivity index (χ0) is 20.3. The van der Waals surface area contributed by atoms with Crippen LogP contribution in [0.15, 0.2) is 54.0 Å². The molecule has 7 heteroatoms. The fourth-order valence-corrected chi connectivity index (χ4v) is 3.90. The number of rotatable bonds is 6. The number of phenolic OH excluding ortho intramolecular Hbond substituents is 1. The lowest BCUT2D eigenvalue weighted by Gasteiger charge is -2.12. The van der Waals surface area contributed by atoms with E-state index >= 15 is 0 Å². The molecule has 144 valence electrons. The number of carbonyl (C=O) groups is 2. The van der Waals surface area contributed by atoms with Crippen molar-refractivity contribution in [1.29, 1.82) is 0 Å². The van der Waals surface area contributed by atoms with Gasteiger partial charge in [0, 0.05) is 10.6 Å². The van der Waals surface area contributed by atoms with Gasteiger partial charge in [0.1, 0.15) is 0 Å². The van der Waals surface area contributed by atoms with Gasteiger partial charge in [-0.3, -0.25) is 14.5 Å². The molecule has 2 aromatic carbocycles. The Kier molecular flexibility index (Phi) is 6.11. The lowest BCUT2D eigenvalue weighted by atomic mass is 10.1. The Hall–Kier alpha value is -2.70. The molecule has 5 nitrogen and oxygen atoms in total.